The normalized spacial score (nSPS) is 13.4. The van der Waals surface area contributed by atoms with Crippen LogP contribution in [0, 0.1) is 20.8 Å². The number of nitrogens with zero attached hydrogens (tertiary/aromatic N) is 11. The minimum atomic E-state index is -5.66. The van der Waals surface area contributed by atoms with Gasteiger partial charge in [-0.15, -0.1) is 0 Å². The fourth-order valence-corrected chi connectivity index (χ4v) is 9.16. The Kier molecular flexibility index (Phi) is 30.9. The van der Waals surface area contributed by atoms with Crippen LogP contribution in [0.1, 0.15) is 77.1 Å². The van der Waals surface area contributed by atoms with Crippen molar-refractivity contribution < 1.29 is 59.0 Å². The standard InChI is InChI=1S/C10H11F3N2O3S.C10H12N2O2.C10H14N2O.2C9H12N2O.C8H9NO2.C7H8BrNO/c1-15-3-2-7-4-9(14-5-8(7)6-15)18-19(16,17)10(11,12)13;1-11-6-9-7-12-10(14-2)5-8(9)3-4-13;1-12-4-3-8-5-10(13-2)11-6-9(8)7-12;1-11-3-2-7-4-9(12)10-5-8(7)6-11;1-7-4-9(12-3)11-6-8(7)5-10-2;1-6-3-8(11-2)9-4-7(6)5-10;1-5-4-9-7(10-2)3-6(5)8/h4-5H,2-3,6H2,1H3;4-7H,3H2,1-2H3;5-6H,3-4,7H2,1-2H3;4-5H,2-3,6H2,1H3,(H,10,12);4-6H,1-3H3;3-5H,1-2H3;3-4H,1-2H3. The number of alkyl halides is 3. The number of aldehydes is 2. The number of aryl methyl sites for hydroxylation is 3. The molecule has 0 saturated heterocycles. The number of rotatable bonds is 12. The zero-order valence-corrected chi connectivity index (χ0v) is 55.7. The molecule has 28 heteroatoms. The summed E-state index contributed by atoms with van der Waals surface area (Å²) >= 11 is 3.37. The van der Waals surface area contributed by atoms with Crippen molar-refractivity contribution in [3.05, 3.63) is 173 Å². The number of methoxy groups -OCH3 is 5. The van der Waals surface area contributed by atoms with Gasteiger partial charge in [0.2, 0.25) is 40.8 Å². The zero-order chi connectivity index (χ0) is 67.3. The summed E-state index contributed by atoms with van der Waals surface area (Å²) in [6.07, 6.45) is 19.9. The van der Waals surface area contributed by atoms with Gasteiger partial charge >= 0.3 is 15.6 Å². The number of fused-ring (bicyclic) bond motifs is 3. The molecule has 0 fully saturated rings. The van der Waals surface area contributed by atoms with E-state index in [-0.39, 0.29) is 5.56 Å². The predicted molar refractivity (Wildman–Crippen MR) is 345 cm³/mol. The van der Waals surface area contributed by atoms with Crippen molar-refractivity contribution in [1.82, 2.24) is 49.6 Å². The first-order valence-corrected chi connectivity index (χ1v) is 30.2. The SMILES string of the molecule is CN1CCc2cc(=O)[nH]cc2C1.CN1CCc2cc(OS(=O)(=O)C(F)(F)F)ncc2C1.CN=Cc1cnc(OC)cc1C.CN=Cc1cnc(OC)cc1CC=O.COc1cc(Br)c(C)cn1.COc1cc(C)c(C=O)cn1.COc1cc2c(cn1)CN(C)CC2. The van der Waals surface area contributed by atoms with Gasteiger partial charge in [-0.05, 0) is 117 Å². The molecular weight excluding hydrogens is 1270 g/mol. The number of H-pyrrole nitrogens is 1. The molecule has 3 aliphatic rings. The summed E-state index contributed by atoms with van der Waals surface area (Å²) in [5.74, 6) is 2.49. The van der Waals surface area contributed by atoms with Crippen LogP contribution >= 0.6 is 15.9 Å². The average Bonchev–Trinajstić information content (AvgIpc) is 2.06. The number of hydrogen-bond donors (Lipinski definition) is 1. The van der Waals surface area contributed by atoms with Crippen LogP contribution in [0.25, 0.3) is 0 Å². The Morgan fingerprint density at radius 3 is 1.42 bits per heavy atom. The van der Waals surface area contributed by atoms with Crippen LogP contribution in [0.15, 0.2) is 105 Å². The number of ether oxygens (including phenoxy) is 5. The maximum absolute atomic E-state index is 12.2. The molecule has 10 rings (SSSR count). The fraction of sp³-hybridized carbons (Fsp3) is 0.381. The highest BCUT2D eigenvalue weighted by molar-refractivity contribution is 9.10. The van der Waals surface area contributed by atoms with Gasteiger partial charge in [0.1, 0.15) is 6.29 Å². The predicted octanol–water partition coefficient (Wildman–Crippen LogP) is 8.44. The number of carbonyl (C=O) groups excluding carboxylic acids is 2. The first-order chi connectivity index (χ1) is 43.3. The summed E-state index contributed by atoms with van der Waals surface area (Å²) in [5, 5.41) is 0. The minimum absolute atomic E-state index is 0.0123. The molecule has 0 unspecified atom stereocenters. The summed E-state index contributed by atoms with van der Waals surface area (Å²) in [6, 6.07) is 12.2. The lowest BCUT2D eigenvalue weighted by atomic mass is 10.0. The molecular formula is C63H78BrF3N12O11S. The van der Waals surface area contributed by atoms with Crippen molar-refractivity contribution in [3.8, 4) is 35.3 Å². The molecule has 10 heterocycles. The van der Waals surface area contributed by atoms with Crippen LogP contribution in [0.4, 0.5) is 13.2 Å². The highest BCUT2D eigenvalue weighted by Crippen LogP contribution is 2.28. The van der Waals surface area contributed by atoms with Gasteiger partial charge in [0.25, 0.3) is 0 Å². The fourth-order valence-electron chi connectivity index (χ4n) is 8.46. The number of aliphatic imine (C=N–C) groups is 2. The third-order valence-corrected chi connectivity index (χ3v) is 15.4. The van der Waals surface area contributed by atoms with Gasteiger partial charge in [0.15, 0.2) is 6.29 Å². The van der Waals surface area contributed by atoms with E-state index >= 15 is 0 Å². The molecule has 7 aromatic rings. The largest absolute Gasteiger partial charge is 0.534 e. The second-order valence-corrected chi connectivity index (χ2v) is 22.8. The van der Waals surface area contributed by atoms with E-state index in [1.54, 1.807) is 98.9 Å². The maximum atomic E-state index is 12.2. The summed E-state index contributed by atoms with van der Waals surface area (Å²) in [5.41, 5.74) is 7.79. The zero-order valence-electron chi connectivity index (χ0n) is 53.3. The number of aromatic amines is 1. The summed E-state index contributed by atoms with van der Waals surface area (Å²) < 4.78 is 88.0. The molecule has 0 aliphatic carbocycles. The third kappa shape index (κ3) is 24.6. The van der Waals surface area contributed by atoms with E-state index in [4.69, 9.17) is 23.7 Å². The topological polar surface area (TPSA) is 268 Å². The number of halogens is 4. The lowest BCUT2D eigenvalue weighted by Gasteiger charge is -2.24. The molecule has 0 aromatic carbocycles. The molecule has 0 saturated carbocycles. The number of hydrogen-bond acceptors (Lipinski definition) is 22. The Morgan fingerprint density at radius 1 is 0.549 bits per heavy atom. The third-order valence-electron chi connectivity index (χ3n) is 13.6. The molecule has 91 heavy (non-hydrogen) atoms. The molecule has 490 valence electrons. The van der Waals surface area contributed by atoms with Gasteiger partial charge in [0, 0.05) is 179 Å². The lowest BCUT2D eigenvalue weighted by molar-refractivity contribution is -0.107. The average molecular weight is 1350 g/mol. The van der Waals surface area contributed by atoms with E-state index in [1.807, 2.05) is 63.3 Å². The Balaban J connectivity index is 0.000000229. The Bertz CT molecular complexity index is 3730. The minimum Gasteiger partial charge on any atom is -0.481 e. The number of pyridine rings is 7. The van der Waals surface area contributed by atoms with Crippen molar-refractivity contribution in [1.29, 1.82) is 0 Å². The van der Waals surface area contributed by atoms with Crippen LogP contribution in [0.2, 0.25) is 0 Å². The van der Waals surface area contributed by atoms with E-state index in [0.29, 0.717) is 48.5 Å². The molecule has 0 spiro atoms. The number of carbonyl (C=O) groups is 2. The molecule has 1 N–H and O–H groups in total. The number of aromatic nitrogens is 7. The van der Waals surface area contributed by atoms with Crippen molar-refractivity contribution >= 4 is 51.0 Å². The second-order valence-electron chi connectivity index (χ2n) is 20.4. The molecule has 0 radical (unpaired) electrons. The highest BCUT2D eigenvalue weighted by Gasteiger charge is 2.49. The van der Waals surface area contributed by atoms with Gasteiger partial charge < -0.3 is 52.3 Å². The lowest BCUT2D eigenvalue weighted by Crippen LogP contribution is -2.29. The van der Waals surface area contributed by atoms with Crippen molar-refractivity contribution in [3.63, 3.8) is 0 Å². The quantitative estimate of drug-likeness (QED) is 0.0520. The van der Waals surface area contributed by atoms with Crippen molar-refractivity contribution in [2.45, 2.75) is 71.6 Å². The van der Waals surface area contributed by atoms with Gasteiger partial charge in [-0.2, -0.15) is 21.6 Å². The molecule has 23 nitrogen and oxygen atoms in total. The van der Waals surface area contributed by atoms with Crippen LogP contribution < -0.4 is 33.4 Å². The molecule has 0 bridgehead atoms. The van der Waals surface area contributed by atoms with Crippen molar-refractivity contribution in [2.75, 3.05) is 90.4 Å². The molecule has 0 atom stereocenters. The van der Waals surface area contributed by atoms with Crippen LogP contribution in [-0.4, -0.2) is 179 Å². The van der Waals surface area contributed by atoms with Gasteiger partial charge in [-0.25, -0.2) is 29.9 Å². The van der Waals surface area contributed by atoms with Crippen LogP contribution in [0.3, 0.4) is 0 Å². The smallest absolute Gasteiger partial charge is 0.481 e. The summed E-state index contributed by atoms with van der Waals surface area (Å²) in [4.78, 5) is 72.6. The van der Waals surface area contributed by atoms with Gasteiger partial charge in [-0.1, -0.05) is 15.9 Å². The molecule has 0 amide bonds. The highest BCUT2D eigenvalue weighted by atomic mass is 79.9. The van der Waals surface area contributed by atoms with Crippen LogP contribution in [-0.2, 0) is 60.2 Å². The molecule has 7 aromatic heterocycles. The Morgan fingerprint density at radius 2 is 0.956 bits per heavy atom. The molecule has 3 aliphatic heterocycles. The Hall–Kier alpha value is -8.57. The van der Waals surface area contributed by atoms with Crippen molar-refractivity contribution in [2.24, 2.45) is 9.98 Å². The van der Waals surface area contributed by atoms with E-state index in [1.165, 1.54) is 40.7 Å². The number of nitrogens with one attached hydrogen (secondary N) is 1. The van der Waals surface area contributed by atoms with Gasteiger partial charge in [0.05, 0.1) is 35.5 Å². The Labute approximate surface area is 537 Å². The first-order valence-electron chi connectivity index (χ1n) is 28.0. The van der Waals surface area contributed by atoms with E-state index < -0.39 is 21.5 Å². The van der Waals surface area contributed by atoms with E-state index in [9.17, 15) is 36.0 Å². The van der Waals surface area contributed by atoms with Gasteiger partial charge in [-0.3, -0.25) is 19.6 Å². The van der Waals surface area contributed by atoms with E-state index in [0.717, 1.165) is 113 Å². The second kappa shape index (κ2) is 37.6. The monoisotopic (exact) mass is 1350 g/mol. The number of likely N-dealkylation sites (N-methyl/N-ethyl adjacent to an activating group) is 3. The summed E-state index contributed by atoms with van der Waals surface area (Å²) in [6.45, 7) is 11.3. The summed E-state index contributed by atoms with van der Waals surface area (Å²) in [7, 11) is 11.8. The first kappa shape index (κ1) is 74.9. The van der Waals surface area contributed by atoms with Crippen LogP contribution in [0.5, 0.6) is 35.3 Å². The maximum Gasteiger partial charge on any atom is 0.534 e. The van der Waals surface area contributed by atoms with E-state index in [2.05, 4.69) is 88.9 Å².